The lowest BCUT2D eigenvalue weighted by molar-refractivity contribution is -0.123. The molecule has 3 heterocycles. The van der Waals surface area contributed by atoms with E-state index < -0.39 is 5.41 Å². The number of nitrogens with zero attached hydrogens (tertiary/aromatic N) is 3. The van der Waals surface area contributed by atoms with Crippen LogP contribution >= 0.6 is 22.9 Å². The zero-order chi connectivity index (χ0) is 19.7. The number of hydrogen-bond acceptors (Lipinski definition) is 5. The van der Waals surface area contributed by atoms with E-state index in [4.69, 9.17) is 11.6 Å². The second-order valence-electron chi connectivity index (χ2n) is 7.24. The van der Waals surface area contributed by atoms with Gasteiger partial charge in [0, 0.05) is 42.6 Å². The molecule has 1 aliphatic heterocycles. The van der Waals surface area contributed by atoms with Crippen molar-refractivity contribution in [2.75, 3.05) is 23.8 Å². The van der Waals surface area contributed by atoms with Crippen LogP contribution in [0.15, 0.2) is 35.5 Å². The van der Waals surface area contributed by atoms with Crippen LogP contribution in [-0.4, -0.2) is 36.6 Å². The largest absolute Gasteiger partial charge is 0.311 e. The predicted octanol–water partition coefficient (Wildman–Crippen LogP) is 3.81. The molecule has 1 N–H and O–H groups in total. The average molecular weight is 417 g/mol. The zero-order valence-electron chi connectivity index (χ0n) is 15.5. The van der Waals surface area contributed by atoms with E-state index in [1.54, 1.807) is 36.3 Å². The highest BCUT2D eigenvalue weighted by atomic mass is 35.5. The third-order valence-corrected chi connectivity index (χ3v) is 6.58. The first-order valence-corrected chi connectivity index (χ1v) is 10.5. The van der Waals surface area contributed by atoms with Crippen molar-refractivity contribution in [3.8, 4) is 0 Å². The van der Waals surface area contributed by atoms with Crippen molar-refractivity contribution < 1.29 is 9.59 Å². The van der Waals surface area contributed by atoms with Gasteiger partial charge >= 0.3 is 0 Å². The molecule has 2 fully saturated rings. The van der Waals surface area contributed by atoms with Crippen LogP contribution in [0.5, 0.6) is 0 Å². The van der Waals surface area contributed by atoms with E-state index in [9.17, 15) is 9.59 Å². The molecular weight excluding hydrogens is 396 g/mol. The van der Waals surface area contributed by atoms with Crippen molar-refractivity contribution in [3.63, 3.8) is 0 Å². The molecular formula is C20H21ClN4O2S. The summed E-state index contributed by atoms with van der Waals surface area (Å²) in [6.07, 6.45) is 6.63. The highest BCUT2D eigenvalue weighted by molar-refractivity contribution is 7.16. The van der Waals surface area contributed by atoms with Gasteiger partial charge in [0.1, 0.15) is 5.82 Å². The molecule has 1 saturated heterocycles. The third-order valence-electron chi connectivity index (χ3n) is 5.34. The summed E-state index contributed by atoms with van der Waals surface area (Å²) in [6, 6.07) is 7.17. The maximum atomic E-state index is 13.2. The molecule has 0 spiro atoms. The molecule has 2 aromatic heterocycles. The minimum atomic E-state index is -0.472. The molecule has 2 amide bonds. The highest BCUT2D eigenvalue weighted by Crippen LogP contribution is 2.51. The SMILES string of the molecule is CN=C[C@@]1(C2CC2)CCN(c2ccnc(NC(=O)Cc3ccc(Cl)s3)c2)C1=O. The van der Waals surface area contributed by atoms with E-state index in [0.29, 0.717) is 22.6 Å². The summed E-state index contributed by atoms with van der Waals surface area (Å²) >= 11 is 7.29. The van der Waals surface area contributed by atoms with Crippen molar-refractivity contribution in [1.29, 1.82) is 0 Å². The van der Waals surface area contributed by atoms with Crippen molar-refractivity contribution >= 4 is 52.5 Å². The number of thiophene rings is 1. The fourth-order valence-electron chi connectivity index (χ4n) is 3.88. The standard InChI is InChI=1S/C20H21ClN4O2S/c1-22-12-20(13-2-3-13)7-9-25(19(20)27)14-6-8-23-17(10-14)24-18(26)11-15-4-5-16(21)28-15/h4-6,8,10,12-13H,2-3,7,9,11H2,1H3,(H,23,24,26)/t20-/m1/s1. The average Bonchev–Trinajstić information content (AvgIpc) is 3.37. The molecule has 1 saturated carbocycles. The van der Waals surface area contributed by atoms with Crippen molar-refractivity contribution in [2.24, 2.45) is 16.3 Å². The summed E-state index contributed by atoms with van der Waals surface area (Å²) in [4.78, 5) is 36.6. The van der Waals surface area contributed by atoms with Gasteiger partial charge in [-0.05, 0) is 43.4 Å². The smallest absolute Gasteiger partial charge is 0.238 e. The third kappa shape index (κ3) is 3.69. The number of pyridine rings is 1. The molecule has 146 valence electrons. The van der Waals surface area contributed by atoms with Crippen LogP contribution in [0.25, 0.3) is 0 Å². The zero-order valence-corrected chi connectivity index (χ0v) is 17.1. The molecule has 28 heavy (non-hydrogen) atoms. The molecule has 2 aliphatic rings. The Hall–Kier alpha value is -2.25. The van der Waals surface area contributed by atoms with Crippen molar-refractivity contribution in [2.45, 2.75) is 25.7 Å². The number of carbonyl (C=O) groups excluding carboxylic acids is 2. The Balaban J connectivity index is 1.48. The van der Waals surface area contributed by atoms with E-state index in [-0.39, 0.29) is 18.2 Å². The number of halogens is 1. The number of nitrogens with one attached hydrogen (secondary N) is 1. The Labute approximate surface area is 172 Å². The summed E-state index contributed by atoms with van der Waals surface area (Å²) in [5.74, 6) is 0.761. The molecule has 0 bridgehead atoms. The number of hydrogen-bond donors (Lipinski definition) is 1. The summed E-state index contributed by atoms with van der Waals surface area (Å²) in [5, 5.41) is 2.81. The first-order valence-electron chi connectivity index (χ1n) is 9.27. The first kappa shape index (κ1) is 19.1. The lowest BCUT2D eigenvalue weighted by atomic mass is 9.82. The first-order chi connectivity index (χ1) is 13.5. The minimum Gasteiger partial charge on any atom is -0.311 e. The van der Waals surface area contributed by atoms with Crippen LogP contribution in [0.3, 0.4) is 0 Å². The number of aliphatic imine (C=N–C) groups is 1. The second-order valence-corrected chi connectivity index (χ2v) is 9.04. The summed E-state index contributed by atoms with van der Waals surface area (Å²) < 4.78 is 0.658. The van der Waals surface area contributed by atoms with Gasteiger partial charge in [-0.3, -0.25) is 14.6 Å². The minimum absolute atomic E-state index is 0.0947. The molecule has 1 aliphatic carbocycles. The molecule has 0 radical (unpaired) electrons. The Morgan fingerprint density at radius 3 is 2.96 bits per heavy atom. The van der Waals surface area contributed by atoms with Gasteiger partial charge < -0.3 is 10.2 Å². The molecule has 2 aromatic rings. The summed E-state index contributed by atoms with van der Waals surface area (Å²) in [6.45, 7) is 0.645. The maximum absolute atomic E-state index is 13.2. The fraction of sp³-hybridized carbons (Fsp3) is 0.400. The van der Waals surface area contributed by atoms with Gasteiger partial charge in [-0.1, -0.05) is 11.6 Å². The van der Waals surface area contributed by atoms with E-state index in [2.05, 4.69) is 15.3 Å². The maximum Gasteiger partial charge on any atom is 0.238 e. The van der Waals surface area contributed by atoms with Crippen LogP contribution in [0.2, 0.25) is 4.34 Å². The monoisotopic (exact) mass is 416 g/mol. The van der Waals surface area contributed by atoms with Crippen LogP contribution in [0.1, 0.15) is 24.1 Å². The van der Waals surface area contributed by atoms with Gasteiger partial charge in [-0.2, -0.15) is 0 Å². The molecule has 4 rings (SSSR count). The highest BCUT2D eigenvalue weighted by Gasteiger charge is 2.55. The molecule has 0 aromatic carbocycles. The van der Waals surface area contributed by atoms with Gasteiger partial charge in [0.2, 0.25) is 11.8 Å². The lowest BCUT2D eigenvalue weighted by Gasteiger charge is -2.24. The molecule has 0 unspecified atom stereocenters. The van der Waals surface area contributed by atoms with E-state index in [1.165, 1.54) is 11.3 Å². The lowest BCUT2D eigenvalue weighted by Crippen LogP contribution is -2.37. The molecule has 8 heteroatoms. The Kier molecular flexibility index (Phi) is 5.21. The second kappa shape index (κ2) is 7.64. The van der Waals surface area contributed by atoms with Crippen molar-refractivity contribution in [3.05, 3.63) is 39.7 Å². The van der Waals surface area contributed by atoms with Crippen LogP contribution < -0.4 is 10.2 Å². The number of amides is 2. The van der Waals surface area contributed by atoms with Crippen LogP contribution in [0, 0.1) is 11.3 Å². The van der Waals surface area contributed by atoms with E-state index in [0.717, 1.165) is 29.8 Å². The van der Waals surface area contributed by atoms with Gasteiger partial charge in [0.05, 0.1) is 16.2 Å². The van der Waals surface area contributed by atoms with Gasteiger partial charge in [-0.25, -0.2) is 4.98 Å². The quantitative estimate of drug-likeness (QED) is 0.727. The Bertz CT molecular complexity index is 940. The summed E-state index contributed by atoms with van der Waals surface area (Å²) in [5.41, 5.74) is 0.279. The number of anilines is 2. The Morgan fingerprint density at radius 1 is 1.46 bits per heavy atom. The molecule has 1 atom stereocenters. The topological polar surface area (TPSA) is 74.7 Å². The number of carbonyl (C=O) groups is 2. The van der Waals surface area contributed by atoms with Crippen LogP contribution in [0.4, 0.5) is 11.5 Å². The number of rotatable bonds is 6. The number of aromatic nitrogens is 1. The fourth-order valence-corrected chi connectivity index (χ4v) is 4.97. The van der Waals surface area contributed by atoms with Gasteiger partial charge in [0.25, 0.3) is 0 Å². The summed E-state index contributed by atoms with van der Waals surface area (Å²) in [7, 11) is 1.72. The molecule has 6 nitrogen and oxygen atoms in total. The van der Waals surface area contributed by atoms with Crippen LogP contribution in [-0.2, 0) is 16.0 Å². The van der Waals surface area contributed by atoms with Gasteiger partial charge in [0.15, 0.2) is 0 Å². The normalized spacial score (nSPS) is 22.2. The van der Waals surface area contributed by atoms with E-state index >= 15 is 0 Å². The predicted molar refractivity (Wildman–Crippen MR) is 112 cm³/mol. The van der Waals surface area contributed by atoms with Gasteiger partial charge in [-0.15, -0.1) is 11.3 Å². The van der Waals surface area contributed by atoms with E-state index in [1.807, 2.05) is 12.3 Å². The van der Waals surface area contributed by atoms with Crippen molar-refractivity contribution in [1.82, 2.24) is 4.98 Å². The Morgan fingerprint density at radius 2 is 2.29 bits per heavy atom.